The van der Waals surface area contributed by atoms with Crippen molar-refractivity contribution in [3.8, 4) is 0 Å². The highest BCUT2D eigenvalue weighted by Crippen LogP contribution is 2.38. The van der Waals surface area contributed by atoms with Gasteiger partial charge in [-0.2, -0.15) is 0 Å². The number of hydrogen-bond donors (Lipinski definition) is 2. The number of nitro benzene ring substituents is 1. The minimum Gasteiger partial charge on any atom is -0.441 e. The zero-order valence-electron chi connectivity index (χ0n) is 17.1. The monoisotopic (exact) mass is 478 g/mol. The minimum atomic E-state index is -4.57. The molecule has 0 unspecified atom stereocenters. The van der Waals surface area contributed by atoms with E-state index in [0.29, 0.717) is 0 Å². The molecule has 1 aliphatic heterocycles. The van der Waals surface area contributed by atoms with Crippen LogP contribution in [0, 0.1) is 10.1 Å². The molecule has 33 heavy (non-hydrogen) atoms. The summed E-state index contributed by atoms with van der Waals surface area (Å²) in [5, 5.41) is 14.4. The summed E-state index contributed by atoms with van der Waals surface area (Å²) in [6.07, 6.45) is 1.12. The van der Waals surface area contributed by atoms with Crippen molar-refractivity contribution >= 4 is 38.4 Å². The van der Waals surface area contributed by atoms with Gasteiger partial charge in [0, 0.05) is 44.2 Å². The second kappa shape index (κ2) is 8.75. The van der Waals surface area contributed by atoms with Gasteiger partial charge in [0.25, 0.3) is 21.6 Å². The third-order valence-corrected chi connectivity index (χ3v) is 6.62. The normalized spacial score (nSPS) is 15.8. The largest absolute Gasteiger partial charge is 0.441 e. The van der Waals surface area contributed by atoms with Gasteiger partial charge in [0.15, 0.2) is 17.7 Å². The number of nitro groups is 1. The molecule has 2 aromatic carbocycles. The Morgan fingerprint density at radius 2 is 1.94 bits per heavy atom. The maximum atomic E-state index is 15.0. The van der Waals surface area contributed by atoms with E-state index in [-0.39, 0.29) is 55.0 Å². The van der Waals surface area contributed by atoms with Crippen LogP contribution in [0.15, 0.2) is 52.1 Å². The van der Waals surface area contributed by atoms with Crippen LogP contribution in [0.1, 0.15) is 23.2 Å². The van der Waals surface area contributed by atoms with Crippen molar-refractivity contribution in [2.75, 3.05) is 25.1 Å². The van der Waals surface area contributed by atoms with Gasteiger partial charge < -0.3 is 14.5 Å². The molecule has 11 nitrogen and oxygen atoms in total. The second-order valence-corrected chi connectivity index (χ2v) is 9.12. The molecule has 0 saturated carbocycles. The van der Waals surface area contributed by atoms with E-state index in [4.69, 9.17) is 9.15 Å². The third-order valence-electron chi connectivity index (χ3n) is 5.27. The molecule has 174 valence electrons. The van der Waals surface area contributed by atoms with E-state index in [0.717, 1.165) is 12.5 Å². The van der Waals surface area contributed by atoms with Crippen molar-refractivity contribution in [1.29, 1.82) is 0 Å². The summed E-state index contributed by atoms with van der Waals surface area (Å²) >= 11 is 0. The average Bonchev–Trinajstić information content (AvgIpc) is 3.27. The molecular weight excluding hydrogens is 459 g/mol. The van der Waals surface area contributed by atoms with E-state index in [1.165, 1.54) is 12.1 Å². The van der Waals surface area contributed by atoms with Gasteiger partial charge in [-0.1, -0.05) is 18.2 Å². The van der Waals surface area contributed by atoms with Crippen LogP contribution in [-0.4, -0.2) is 49.7 Å². The van der Waals surface area contributed by atoms with Gasteiger partial charge >= 0.3 is 0 Å². The van der Waals surface area contributed by atoms with Crippen molar-refractivity contribution in [2.24, 2.45) is 0 Å². The molecule has 1 amide bonds. The van der Waals surface area contributed by atoms with E-state index < -0.39 is 37.1 Å². The van der Waals surface area contributed by atoms with Crippen molar-refractivity contribution in [1.82, 2.24) is 9.71 Å². The van der Waals surface area contributed by atoms with Crippen molar-refractivity contribution < 1.29 is 31.7 Å². The third kappa shape index (κ3) is 4.64. The van der Waals surface area contributed by atoms with Crippen LogP contribution in [-0.2, 0) is 14.8 Å². The highest BCUT2D eigenvalue weighted by molar-refractivity contribution is 7.90. The number of fused-ring (bicyclic) bond motifs is 1. The number of rotatable bonds is 7. The molecule has 2 N–H and O–H groups in total. The lowest BCUT2D eigenvalue weighted by molar-refractivity contribution is -0.384. The Hall–Kier alpha value is -3.58. The molecule has 0 bridgehead atoms. The molecule has 4 rings (SSSR count). The average molecular weight is 478 g/mol. The number of nitrogens with zero attached hydrogens (tertiary/aromatic N) is 2. The van der Waals surface area contributed by atoms with Crippen LogP contribution in [0.5, 0.6) is 0 Å². The number of sulfonamides is 1. The smallest absolute Gasteiger partial charge is 0.297 e. The maximum Gasteiger partial charge on any atom is 0.297 e. The van der Waals surface area contributed by atoms with Crippen molar-refractivity contribution in [3.05, 3.63) is 58.5 Å². The van der Waals surface area contributed by atoms with Gasteiger partial charge in [0.05, 0.1) is 4.92 Å². The quantitative estimate of drug-likeness (QED) is 0.385. The Bertz CT molecular complexity index is 1300. The van der Waals surface area contributed by atoms with Crippen LogP contribution in [0.25, 0.3) is 11.1 Å². The first-order valence-electron chi connectivity index (χ1n) is 9.87. The summed E-state index contributed by atoms with van der Waals surface area (Å²) in [4.78, 5) is 26.5. The van der Waals surface area contributed by atoms with E-state index in [1.54, 1.807) is 18.2 Å². The predicted molar refractivity (Wildman–Crippen MR) is 114 cm³/mol. The molecule has 2 heterocycles. The van der Waals surface area contributed by atoms with Crippen LogP contribution >= 0.6 is 0 Å². The highest BCUT2D eigenvalue weighted by atomic mass is 32.2. The molecule has 3 aromatic rings. The number of oxazole rings is 1. The number of halogens is 1. The molecule has 1 aliphatic rings. The van der Waals surface area contributed by atoms with Gasteiger partial charge in [-0.25, -0.2) is 22.5 Å². The van der Waals surface area contributed by atoms with E-state index in [9.17, 15) is 27.7 Å². The fourth-order valence-electron chi connectivity index (χ4n) is 3.49. The topological polar surface area (TPSA) is 154 Å². The highest BCUT2D eigenvalue weighted by Gasteiger charge is 2.35. The summed E-state index contributed by atoms with van der Waals surface area (Å²) in [7, 11) is -4.57. The standard InChI is InChI=1S/C20H19FN4O7S/c21-20(6-8-31-9-7-20)11-22-16-14(25(27)28)10-15(17-18(16)32-12-23-17)33(29,30)24-19(26)13-4-2-1-3-5-13/h1-5,10,12,22H,6-9,11H2,(H,24,26). The zero-order chi connectivity index (χ0) is 23.6. The Morgan fingerprint density at radius 3 is 2.61 bits per heavy atom. The summed E-state index contributed by atoms with van der Waals surface area (Å²) in [6, 6.07) is 8.35. The summed E-state index contributed by atoms with van der Waals surface area (Å²) < 4.78 is 53.1. The maximum absolute atomic E-state index is 15.0. The predicted octanol–water partition coefficient (Wildman–Crippen LogP) is 2.79. The van der Waals surface area contributed by atoms with E-state index in [1.807, 2.05) is 4.72 Å². The van der Waals surface area contributed by atoms with Gasteiger partial charge in [0.2, 0.25) is 0 Å². The fourth-order valence-corrected chi connectivity index (χ4v) is 4.62. The first kappa shape index (κ1) is 22.6. The number of benzene rings is 2. The molecule has 1 aromatic heterocycles. The molecule has 1 fully saturated rings. The van der Waals surface area contributed by atoms with Crippen LogP contribution in [0.3, 0.4) is 0 Å². The lowest BCUT2D eigenvalue weighted by Gasteiger charge is -2.29. The van der Waals surface area contributed by atoms with Gasteiger partial charge in [0.1, 0.15) is 16.1 Å². The number of carbonyl (C=O) groups excluding carboxylic acids is 1. The van der Waals surface area contributed by atoms with Crippen LogP contribution in [0.2, 0.25) is 0 Å². The lowest BCUT2D eigenvalue weighted by Crippen LogP contribution is -2.38. The molecule has 0 aliphatic carbocycles. The van der Waals surface area contributed by atoms with E-state index >= 15 is 0 Å². The minimum absolute atomic E-state index is 0.0787. The Labute approximate surface area is 187 Å². The Kier molecular flexibility index (Phi) is 5.99. The number of carbonyl (C=O) groups is 1. The number of hydrogen-bond acceptors (Lipinski definition) is 9. The van der Waals surface area contributed by atoms with Crippen molar-refractivity contribution in [3.63, 3.8) is 0 Å². The number of alkyl halides is 1. The molecule has 0 spiro atoms. The molecule has 0 radical (unpaired) electrons. The summed E-state index contributed by atoms with van der Waals surface area (Å²) in [5.41, 5.74) is -2.93. The molecule has 13 heteroatoms. The number of aromatic nitrogens is 1. The van der Waals surface area contributed by atoms with Crippen LogP contribution < -0.4 is 10.0 Å². The first-order chi connectivity index (χ1) is 15.7. The summed E-state index contributed by atoms with van der Waals surface area (Å²) in [6.45, 7) is 0.163. The van der Waals surface area contributed by atoms with Gasteiger partial charge in [-0.3, -0.25) is 14.9 Å². The molecule has 1 saturated heterocycles. The first-order valence-corrected chi connectivity index (χ1v) is 11.4. The Morgan fingerprint density at radius 1 is 1.24 bits per heavy atom. The fraction of sp³-hybridized carbons (Fsp3) is 0.300. The van der Waals surface area contributed by atoms with E-state index in [2.05, 4.69) is 10.3 Å². The number of amides is 1. The summed E-state index contributed by atoms with van der Waals surface area (Å²) in [5.74, 6) is -0.920. The second-order valence-electron chi connectivity index (χ2n) is 7.47. The van der Waals surface area contributed by atoms with Gasteiger partial charge in [-0.05, 0) is 12.1 Å². The van der Waals surface area contributed by atoms with Gasteiger partial charge in [-0.15, -0.1) is 0 Å². The molecular formula is C20H19FN4O7S. The lowest BCUT2D eigenvalue weighted by atomic mass is 9.96. The Balaban J connectivity index is 1.72. The number of nitrogens with one attached hydrogen (secondary N) is 2. The van der Waals surface area contributed by atoms with Crippen LogP contribution in [0.4, 0.5) is 15.8 Å². The number of ether oxygens (including phenoxy) is 1. The molecule has 0 atom stereocenters. The SMILES string of the molecule is O=C(NS(=O)(=O)c1cc([N+](=O)[O-])c(NCC2(F)CCOCC2)c2ocnc12)c1ccccc1. The number of anilines is 1. The van der Waals surface area contributed by atoms with Crippen molar-refractivity contribution in [2.45, 2.75) is 23.4 Å². The zero-order valence-corrected chi connectivity index (χ0v) is 17.9.